The van der Waals surface area contributed by atoms with E-state index in [4.69, 9.17) is 0 Å². The van der Waals surface area contributed by atoms with E-state index in [1.54, 1.807) is 8.61 Å². The van der Waals surface area contributed by atoms with Gasteiger partial charge in [0.25, 0.3) is 10.2 Å². The van der Waals surface area contributed by atoms with Crippen LogP contribution < -0.4 is 5.32 Å². The van der Waals surface area contributed by atoms with E-state index in [9.17, 15) is 8.42 Å². The van der Waals surface area contributed by atoms with Gasteiger partial charge in [0.05, 0.1) is 0 Å². The molecule has 3 rings (SSSR count). The molecule has 0 amide bonds. The van der Waals surface area contributed by atoms with Crippen LogP contribution in [0.15, 0.2) is 0 Å². The highest BCUT2D eigenvalue weighted by Gasteiger charge is 2.43. The molecule has 2 atom stereocenters. The number of nitrogens with zero attached hydrogens (tertiary/aromatic N) is 2. The molecule has 0 radical (unpaired) electrons. The van der Waals surface area contributed by atoms with Crippen molar-refractivity contribution in [3.05, 3.63) is 0 Å². The topological polar surface area (TPSA) is 52.7 Å². The second-order valence-electron chi connectivity index (χ2n) is 6.04. The second-order valence-corrected chi connectivity index (χ2v) is 7.92. The first-order chi connectivity index (χ1) is 9.19. The molecule has 3 heterocycles. The lowest BCUT2D eigenvalue weighted by molar-refractivity contribution is 0.259. The summed E-state index contributed by atoms with van der Waals surface area (Å²) in [5.74, 6) is 0.572. The van der Waals surface area contributed by atoms with Gasteiger partial charge in [0.2, 0.25) is 0 Å². The van der Waals surface area contributed by atoms with E-state index in [-0.39, 0.29) is 6.04 Å². The first kappa shape index (κ1) is 13.8. The maximum absolute atomic E-state index is 12.8. The molecule has 0 spiro atoms. The van der Waals surface area contributed by atoms with Crippen LogP contribution in [0.25, 0.3) is 0 Å². The van der Waals surface area contributed by atoms with Crippen LogP contribution in [-0.4, -0.2) is 55.8 Å². The molecular weight excluding hydrogens is 262 g/mol. The Hall–Kier alpha value is -0.170. The van der Waals surface area contributed by atoms with E-state index in [2.05, 4.69) is 5.32 Å². The summed E-state index contributed by atoms with van der Waals surface area (Å²) in [6.45, 7) is 4.01. The fraction of sp³-hybridized carbons (Fsp3) is 1.00. The minimum absolute atomic E-state index is 0.196. The molecule has 3 aliphatic rings. The smallest absolute Gasteiger partial charge is 0.282 e. The van der Waals surface area contributed by atoms with Gasteiger partial charge in [0, 0.05) is 32.2 Å². The van der Waals surface area contributed by atoms with Crippen molar-refractivity contribution in [3.63, 3.8) is 0 Å². The lowest BCUT2D eigenvalue weighted by atomic mass is 9.94. The van der Waals surface area contributed by atoms with E-state index in [1.165, 1.54) is 12.8 Å². The maximum atomic E-state index is 12.8. The van der Waals surface area contributed by atoms with Gasteiger partial charge in [0.15, 0.2) is 0 Å². The molecule has 1 N–H and O–H groups in total. The molecule has 0 bridgehead atoms. The number of piperidine rings is 1. The first-order valence-corrected chi connectivity index (χ1v) is 9.07. The molecule has 0 aromatic rings. The van der Waals surface area contributed by atoms with Gasteiger partial charge in [-0.3, -0.25) is 0 Å². The largest absolute Gasteiger partial charge is 0.315 e. The zero-order valence-corrected chi connectivity index (χ0v) is 12.4. The normalized spacial score (nSPS) is 34.9. The van der Waals surface area contributed by atoms with Crippen molar-refractivity contribution >= 4 is 10.2 Å². The molecule has 0 aliphatic carbocycles. The molecule has 0 aromatic heterocycles. The molecule has 0 aromatic carbocycles. The molecule has 2 unspecified atom stereocenters. The van der Waals surface area contributed by atoms with Gasteiger partial charge >= 0.3 is 0 Å². The summed E-state index contributed by atoms with van der Waals surface area (Å²) >= 11 is 0. The molecule has 110 valence electrons. The van der Waals surface area contributed by atoms with Crippen LogP contribution in [0.4, 0.5) is 0 Å². The summed E-state index contributed by atoms with van der Waals surface area (Å²) in [6.07, 6.45) is 6.52. The van der Waals surface area contributed by atoms with Gasteiger partial charge in [-0.25, -0.2) is 0 Å². The minimum atomic E-state index is -3.23. The molecule has 3 saturated heterocycles. The van der Waals surface area contributed by atoms with Crippen LogP contribution in [0.5, 0.6) is 0 Å². The van der Waals surface area contributed by atoms with Gasteiger partial charge in [-0.1, -0.05) is 12.8 Å². The van der Waals surface area contributed by atoms with Crippen LogP contribution in [0.2, 0.25) is 0 Å². The molecular formula is C13H25N3O2S. The summed E-state index contributed by atoms with van der Waals surface area (Å²) in [5.41, 5.74) is 0. The third-order valence-electron chi connectivity index (χ3n) is 4.87. The van der Waals surface area contributed by atoms with Crippen molar-refractivity contribution in [3.8, 4) is 0 Å². The number of rotatable bonds is 2. The Bertz CT molecular complexity index is 404. The third kappa shape index (κ3) is 2.68. The van der Waals surface area contributed by atoms with Gasteiger partial charge in [0.1, 0.15) is 0 Å². The number of hydrogen-bond acceptors (Lipinski definition) is 3. The van der Waals surface area contributed by atoms with Crippen LogP contribution >= 0.6 is 0 Å². The summed E-state index contributed by atoms with van der Waals surface area (Å²) in [7, 11) is -3.23. The molecule has 0 saturated carbocycles. The average Bonchev–Trinajstić information content (AvgIpc) is 2.65. The quantitative estimate of drug-likeness (QED) is 0.817. The first-order valence-electron chi connectivity index (χ1n) is 7.67. The van der Waals surface area contributed by atoms with E-state index >= 15 is 0 Å². The fourth-order valence-electron chi connectivity index (χ4n) is 3.74. The standard InChI is InChI=1S/C13H25N3O2S/c17-19(18,15-8-3-1-2-4-9-15)16-10-6-12-5-7-14-11-13(12)16/h12-14H,1-11H2. The summed E-state index contributed by atoms with van der Waals surface area (Å²) in [5, 5.41) is 3.35. The lowest BCUT2D eigenvalue weighted by Gasteiger charge is -2.34. The molecule has 19 heavy (non-hydrogen) atoms. The van der Waals surface area contributed by atoms with Gasteiger partial charge in [-0.05, 0) is 38.1 Å². The Labute approximate surface area is 116 Å². The predicted octanol–water partition coefficient (Wildman–Crippen LogP) is 0.791. The van der Waals surface area contributed by atoms with Crippen LogP contribution in [-0.2, 0) is 10.2 Å². The predicted molar refractivity (Wildman–Crippen MR) is 75.0 cm³/mol. The Morgan fingerprint density at radius 3 is 2.42 bits per heavy atom. The number of fused-ring (bicyclic) bond motifs is 1. The Morgan fingerprint density at radius 2 is 1.68 bits per heavy atom. The number of hydrogen-bond donors (Lipinski definition) is 1. The molecule has 5 nitrogen and oxygen atoms in total. The van der Waals surface area contributed by atoms with E-state index in [1.807, 2.05) is 0 Å². The van der Waals surface area contributed by atoms with Crippen LogP contribution in [0.1, 0.15) is 38.5 Å². The molecule has 3 aliphatic heterocycles. The van der Waals surface area contributed by atoms with Crippen molar-refractivity contribution in [1.82, 2.24) is 13.9 Å². The Kier molecular flexibility index (Phi) is 4.12. The van der Waals surface area contributed by atoms with Gasteiger partial charge < -0.3 is 5.32 Å². The van der Waals surface area contributed by atoms with Gasteiger partial charge in [-0.2, -0.15) is 17.0 Å². The Morgan fingerprint density at radius 1 is 0.947 bits per heavy atom. The van der Waals surface area contributed by atoms with Crippen molar-refractivity contribution in [1.29, 1.82) is 0 Å². The van der Waals surface area contributed by atoms with Crippen molar-refractivity contribution in [2.45, 2.75) is 44.6 Å². The van der Waals surface area contributed by atoms with Crippen molar-refractivity contribution < 1.29 is 8.42 Å². The zero-order valence-electron chi connectivity index (χ0n) is 11.6. The zero-order chi connectivity index (χ0) is 13.3. The Balaban J connectivity index is 1.75. The SMILES string of the molecule is O=S(=O)(N1CCCCCC1)N1CCC2CCNCC21. The van der Waals surface area contributed by atoms with Crippen molar-refractivity contribution in [2.75, 3.05) is 32.7 Å². The average molecular weight is 287 g/mol. The van der Waals surface area contributed by atoms with E-state index in [0.717, 1.165) is 45.3 Å². The minimum Gasteiger partial charge on any atom is -0.315 e. The highest BCUT2D eigenvalue weighted by atomic mass is 32.2. The van der Waals surface area contributed by atoms with E-state index in [0.29, 0.717) is 19.0 Å². The van der Waals surface area contributed by atoms with Gasteiger partial charge in [-0.15, -0.1) is 0 Å². The molecule has 3 fully saturated rings. The second kappa shape index (κ2) is 5.68. The summed E-state index contributed by atoms with van der Waals surface area (Å²) in [4.78, 5) is 0. The third-order valence-corrected chi connectivity index (χ3v) is 6.93. The maximum Gasteiger partial charge on any atom is 0.282 e. The highest BCUT2D eigenvalue weighted by Crippen LogP contribution is 2.32. The van der Waals surface area contributed by atoms with Crippen LogP contribution in [0, 0.1) is 5.92 Å². The van der Waals surface area contributed by atoms with Crippen LogP contribution in [0.3, 0.4) is 0 Å². The van der Waals surface area contributed by atoms with Crippen molar-refractivity contribution in [2.24, 2.45) is 5.92 Å². The lowest BCUT2D eigenvalue weighted by Crippen LogP contribution is -2.52. The van der Waals surface area contributed by atoms with E-state index < -0.39 is 10.2 Å². The summed E-state index contributed by atoms with van der Waals surface area (Å²) in [6, 6.07) is 0.196. The monoisotopic (exact) mass is 287 g/mol. The highest BCUT2D eigenvalue weighted by molar-refractivity contribution is 7.86. The molecule has 6 heteroatoms. The number of nitrogens with one attached hydrogen (secondary N) is 1. The summed E-state index contributed by atoms with van der Waals surface area (Å²) < 4.78 is 29.2. The fourth-order valence-corrected chi connectivity index (χ4v) is 5.68.